The molecule has 2 heterocycles. The Balaban J connectivity index is 1.33. The molecule has 1 aromatic heterocycles. The van der Waals surface area contributed by atoms with Crippen molar-refractivity contribution in [1.82, 2.24) is 14.9 Å². The van der Waals surface area contributed by atoms with E-state index in [0.29, 0.717) is 6.54 Å². The van der Waals surface area contributed by atoms with Crippen molar-refractivity contribution in [1.29, 1.82) is 0 Å². The molecule has 0 spiro atoms. The molecule has 4 aromatic rings. The number of benzene rings is 3. The van der Waals surface area contributed by atoms with Crippen LogP contribution < -0.4 is 5.32 Å². The zero-order valence-electron chi connectivity index (χ0n) is 17.6. The number of fused-ring (bicyclic) bond motifs is 1. The first kappa shape index (κ1) is 19.4. The Bertz CT molecular complexity index is 1210. The summed E-state index contributed by atoms with van der Waals surface area (Å²) in [6.07, 6.45) is 2.00. The third-order valence-electron chi connectivity index (χ3n) is 6.00. The second kappa shape index (κ2) is 8.26. The van der Waals surface area contributed by atoms with Gasteiger partial charge in [0.25, 0.3) is 0 Å². The van der Waals surface area contributed by atoms with Gasteiger partial charge in [-0.15, -0.1) is 0 Å². The molecule has 156 valence electrons. The number of rotatable bonds is 3. The number of piperidine rings is 1. The van der Waals surface area contributed by atoms with Crippen molar-refractivity contribution in [3.63, 3.8) is 0 Å². The lowest BCUT2D eigenvalue weighted by molar-refractivity contribution is 0.191. The minimum Gasteiger partial charge on any atom is -0.342 e. The van der Waals surface area contributed by atoms with Crippen LogP contribution in [-0.2, 0) is 0 Å². The number of amides is 2. The molecule has 5 rings (SSSR count). The predicted octanol–water partition coefficient (Wildman–Crippen LogP) is 5.95. The smallest absolute Gasteiger partial charge is 0.321 e. The van der Waals surface area contributed by atoms with Crippen LogP contribution in [0.4, 0.5) is 10.5 Å². The molecule has 1 aliphatic heterocycles. The van der Waals surface area contributed by atoms with Crippen molar-refractivity contribution < 1.29 is 4.79 Å². The van der Waals surface area contributed by atoms with Gasteiger partial charge in [0.2, 0.25) is 0 Å². The van der Waals surface area contributed by atoms with Gasteiger partial charge in [-0.25, -0.2) is 9.78 Å². The molecule has 0 aliphatic carbocycles. The molecular weight excluding hydrogens is 384 g/mol. The summed E-state index contributed by atoms with van der Waals surface area (Å²) in [7, 11) is 0. The summed E-state index contributed by atoms with van der Waals surface area (Å²) in [5.74, 6) is 1.19. The molecule has 5 heteroatoms. The fourth-order valence-electron chi connectivity index (χ4n) is 4.38. The van der Waals surface area contributed by atoms with Gasteiger partial charge >= 0.3 is 6.03 Å². The molecule has 31 heavy (non-hydrogen) atoms. The van der Waals surface area contributed by atoms with Gasteiger partial charge in [-0.3, -0.25) is 0 Å². The van der Waals surface area contributed by atoms with E-state index in [0.717, 1.165) is 53.1 Å². The lowest BCUT2D eigenvalue weighted by Crippen LogP contribution is -2.41. The fraction of sp³-hybridized carbons (Fsp3) is 0.231. The van der Waals surface area contributed by atoms with Crippen molar-refractivity contribution >= 4 is 22.8 Å². The third-order valence-corrected chi connectivity index (χ3v) is 6.00. The molecule has 2 amide bonds. The number of likely N-dealkylation sites (tertiary alicyclic amines) is 1. The van der Waals surface area contributed by atoms with Crippen LogP contribution in [0.15, 0.2) is 72.8 Å². The van der Waals surface area contributed by atoms with Crippen molar-refractivity contribution in [2.75, 3.05) is 18.4 Å². The topological polar surface area (TPSA) is 61.0 Å². The zero-order valence-corrected chi connectivity index (χ0v) is 17.6. The van der Waals surface area contributed by atoms with Gasteiger partial charge in [0, 0.05) is 24.6 Å². The number of nitrogens with one attached hydrogen (secondary N) is 2. The number of anilines is 1. The Morgan fingerprint density at radius 2 is 1.87 bits per heavy atom. The molecule has 1 saturated heterocycles. The van der Waals surface area contributed by atoms with E-state index >= 15 is 0 Å². The van der Waals surface area contributed by atoms with Crippen molar-refractivity contribution in [2.45, 2.75) is 25.7 Å². The lowest BCUT2D eigenvalue weighted by Gasteiger charge is -2.32. The normalized spacial score (nSPS) is 16.4. The Morgan fingerprint density at radius 3 is 2.74 bits per heavy atom. The quantitative estimate of drug-likeness (QED) is 0.438. The zero-order chi connectivity index (χ0) is 21.2. The van der Waals surface area contributed by atoms with Crippen LogP contribution in [0.2, 0.25) is 0 Å². The highest BCUT2D eigenvalue weighted by molar-refractivity contribution is 5.94. The van der Waals surface area contributed by atoms with Crippen molar-refractivity contribution in [3.8, 4) is 11.1 Å². The van der Waals surface area contributed by atoms with Crippen molar-refractivity contribution in [2.24, 2.45) is 0 Å². The standard InChI is InChI=1S/C26H26N4O/c1-18-13-14-23-24(16-18)28-25(27-23)20-10-7-15-30(17-20)26(31)29-22-12-6-5-11-21(22)19-8-3-2-4-9-19/h2-6,8-9,11-14,16,20H,7,10,15,17H2,1H3,(H,27,28)(H,29,31). The predicted molar refractivity (Wildman–Crippen MR) is 125 cm³/mol. The van der Waals surface area contributed by atoms with E-state index < -0.39 is 0 Å². The molecular formula is C26H26N4O. The Hall–Kier alpha value is -3.60. The molecule has 1 aliphatic rings. The van der Waals surface area contributed by atoms with E-state index in [9.17, 15) is 4.79 Å². The summed E-state index contributed by atoms with van der Waals surface area (Å²) in [4.78, 5) is 23.3. The molecule has 2 N–H and O–H groups in total. The summed E-state index contributed by atoms with van der Waals surface area (Å²) in [5, 5.41) is 3.14. The van der Waals surface area contributed by atoms with Gasteiger partial charge in [0.05, 0.1) is 16.7 Å². The molecule has 0 bridgehead atoms. The monoisotopic (exact) mass is 410 g/mol. The fourth-order valence-corrected chi connectivity index (χ4v) is 4.38. The average molecular weight is 411 g/mol. The number of carbonyl (C=O) groups excluding carboxylic acids is 1. The van der Waals surface area contributed by atoms with E-state index in [1.165, 1.54) is 5.56 Å². The highest BCUT2D eigenvalue weighted by Gasteiger charge is 2.27. The Morgan fingerprint density at radius 1 is 1.06 bits per heavy atom. The average Bonchev–Trinajstić information content (AvgIpc) is 3.23. The van der Waals surface area contributed by atoms with Crippen LogP contribution >= 0.6 is 0 Å². The molecule has 0 saturated carbocycles. The van der Waals surface area contributed by atoms with Gasteiger partial charge in [-0.05, 0) is 49.1 Å². The maximum absolute atomic E-state index is 13.1. The van der Waals surface area contributed by atoms with Gasteiger partial charge in [-0.1, -0.05) is 54.6 Å². The van der Waals surface area contributed by atoms with Gasteiger partial charge < -0.3 is 15.2 Å². The number of carbonyl (C=O) groups is 1. The van der Waals surface area contributed by atoms with Crippen LogP contribution in [0.5, 0.6) is 0 Å². The maximum atomic E-state index is 13.1. The number of urea groups is 1. The van der Waals surface area contributed by atoms with E-state index in [2.05, 4.69) is 47.6 Å². The van der Waals surface area contributed by atoms with Gasteiger partial charge in [-0.2, -0.15) is 0 Å². The number of aryl methyl sites for hydroxylation is 1. The Labute approximate surface area is 182 Å². The first-order chi connectivity index (χ1) is 15.2. The summed E-state index contributed by atoms with van der Waals surface area (Å²) in [5.41, 5.74) is 6.21. The minimum atomic E-state index is -0.0555. The number of para-hydroxylation sites is 1. The Kier molecular flexibility index (Phi) is 5.16. The first-order valence-corrected chi connectivity index (χ1v) is 10.8. The van der Waals surface area contributed by atoms with Crippen LogP contribution in [0.25, 0.3) is 22.2 Å². The number of hydrogen-bond acceptors (Lipinski definition) is 2. The van der Waals surface area contributed by atoms with Crippen LogP contribution in [0.3, 0.4) is 0 Å². The van der Waals surface area contributed by atoms with Crippen LogP contribution in [0.1, 0.15) is 30.1 Å². The number of hydrogen-bond donors (Lipinski definition) is 2. The van der Waals surface area contributed by atoms with E-state index in [1.54, 1.807) is 0 Å². The second-order valence-corrected chi connectivity index (χ2v) is 8.27. The van der Waals surface area contributed by atoms with Crippen LogP contribution in [-0.4, -0.2) is 34.0 Å². The lowest BCUT2D eigenvalue weighted by atomic mass is 9.97. The van der Waals surface area contributed by atoms with E-state index in [4.69, 9.17) is 4.98 Å². The molecule has 1 atom stereocenters. The van der Waals surface area contributed by atoms with Gasteiger partial charge in [0.1, 0.15) is 5.82 Å². The molecule has 3 aromatic carbocycles. The number of nitrogens with zero attached hydrogens (tertiary/aromatic N) is 2. The third kappa shape index (κ3) is 4.04. The largest absolute Gasteiger partial charge is 0.342 e. The van der Waals surface area contributed by atoms with E-state index in [1.807, 2.05) is 47.4 Å². The minimum absolute atomic E-state index is 0.0555. The van der Waals surface area contributed by atoms with Crippen molar-refractivity contribution in [3.05, 3.63) is 84.2 Å². The summed E-state index contributed by atoms with van der Waals surface area (Å²) < 4.78 is 0. The highest BCUT2D eigenvalue weighted by Crippen LogP contribution is 2.30. The number of aromatic nitrogens is 2. The highest BCUT2D eigenvalue weighted by atomic mass is 16.2. The maximum Gasteiger partial charge on any atom is 0.321 e. The molecule has 0 radical (unpaired) electrons. The van der Waals surface area contributed by atoms with Crippen LogP contribution in [0, 0.1) is 6.92 Å². The molecule has 5 nitrogen and oxygen atoms in total. The summed E-state index contributed by atoms with van der Waals surface area (Å²) in [6.45, 7) is 3.51. The summed E-state index contributed by atoms with van der Waals surface area (Å²) in [6, 6.07) is 24.3. The molecule has 1 unspecified atom stereocenters. The first-order valence-electron chi connectivity index (χ1n) is 10.8. The SMILES string of the molecule is Cc1ccc2nc(C3CCCN(C(=O)Nc4ccccc4-c4ccccc4)C3)[nH]c2c1. The number of H-pyrrole nitrogens is 1. The molecule has 1 fully saturated rings. The summed E-state index contributed by atoms with van der Waals surface area (Å²) >= 11 is 0. The second-order valence-electron chi connectivity index (χ2n) is 8.27. The number of aromatic amines is 1. The van der Waals surface area contributed by atoms with E-state index in [-0.39, 0.29) is 11.9 Å². The number of imidazole rings is 1. The van der Waals surface area contributed by atoms with Gasteiger partial charge in [0.15, 0.2) is 0 Å².